The number of ether oxygens (including phenoxy) is 1. The molecule has 0 fully saturated rings. The quantitative estimate of drug-likeness (QED) is 0.298. The van der Waals surface area contributed by atoms with E-state index in [9.17, 15) is 9.59 Å². The first-order valence-electron chi connectivity index (χ1n) is 8.81. The Hall–Kier alpha value is -1.97. The fourth-order valence-electron chi connectivity index (χ4n) is 2.90. The third-order valence-corrected chi connectivity index (χ3v) is 7.97. The molecule has 5 nitrogen and oxygen atoms in total. The number of thiophene rings is 2. The van der Waals surface area contributed by atoms with Gasteiger partial charge in [-0.15, -0.1) is 34.0 Å². The van der Waals surface area contributed by atoms with E-state index in [0.29, 0.717) is 34.7 Å². The molecule has 10 heteroatoms. The number of fused-ring (bicyclic) bond motifs is 1. The van der Waals surface area contributed by atoms with Gasteiger partial charge in [0.1, 0.15) is 19.2 Å². The molecule has 4 aromatic rings. The summed E-state index contributed by atoms with van der Waals surface area (Å²) >= 11 is 15.9. The van der Waals surface area contributed by atoms with E-state index in [1.165, 1.54) is 17.4 Å². The van der Waals surface area contributed by atoms with E-state index in [4.69, 9.17) is 32.9 Å². The number of carbonyl (C=O) groups excluding carboxylic acids is 2. The monoisotopic (exact) mass is 496 g/mol. The lowest BCUT2D eigenvalue weighted by Gasteiger charge is -2.05. The van der Waals surface area contributed by atoms with E-state index in [1.807, 2.05) is 31.2 Å². The molecule has 4 rings (SSSR count). The Morgan fingerprint density at radius 1 is 1.17 bits per heavy atom. The smallest absolute Gasteiger partial charge is 0.348 e. The van der Waals surface area contributed by atoms with Crippen LogP contribution in [0.2, 0.25) is 8.67 Å². The van der Waals surface area contributed by atoms with Crippen molar-refractivity contribution in [1.82, 2.24) is 4.98 Å². The van der Waals surface area contributed by atoms with Crippen molar-refractivity contribution in [3.8, 4) is 10.6 Å². The van der Waals surface area contributed by atoms with Gasteiger partial charge in [-0.2, -0.15) is 0 Å². The van der Waals surface area contributed by atoms with Crippen LogP contribution in [-0.2, 0) is 4.74 Å². The second-order valence-electron chi connectivity index (χ2n) is 6.16. The molecule has 3 aromatic heterocycles. The summed E-state index contributed by atoms with van der Waals surface area (Å²) in [6.45, 7) is 3.84. The maximum absolute atomic E-state index is 12.8. The van der Waals surface area contributed by atoms with Crippen molar-refractivity contribution in [2.24, 2.45) is 0 Å². The van der Waals surface area contributed by atoms with Gasteiger partial charge < -0.3 is 10.1 Å². The van der Waals surface area contributed by atoms with Gasteiger partial charge in [-0.3, -0.25) is 4.79 Å². The normalized spacial score (nSPS) is 11.1. The minimum absolute atomic E-state index is 0.261. The molecule has 154 valence electrons. The van der Waals surface area contributed by atoms with Crippen molar-refractivity contribution in [2.45, 2.75) is 13.8 Å². The molecule has 0 aliphatic heterocycles. The number of benzene rings is 1. The molecule has 1 amide bonds. The van der Waals surface area contributed by atoms with E-state index >= 15 is 0 Å². The number of halogens is 2. The van der Waals surface area contributed by atoms with Gasteiger partial charge in [0.15, 0.2) is 0 Å². The number of esters is 1. The fourth-order valence-corrected chi connectivity index (χ4v) is 6.59. The SMILES string of the molecule is CCOC(=O)c1sc(NC(=O)c2cc(Cl)sc2Cl)c(-c2nc3ccccc3s2)c1C. The summed E-state index contributed by atoms with van der Waals surface area (Å²) in [5.41, 5.74) is 2.55. The predicted octanol–water partition coefficient (Wildman–Crippen LogP) is 7.13. The van der Waals surface area contributed by atoms with Gasteiger partial charge in [0.05, 0.1) is 26.7 Å². The van der Waals surface area contributed by atoms with Crippen molar-refractivity contribution >= 4 is 84.3 Å². The summed E-state index contributed by atoms with van der Waals surface area (Å²) in [7, 11) is 0. The van der Waals surface area contributed by atoms with Crippen LogP contribution >= 0.6 is 57.2 Å². The standard InChI is InChI=1S/C20H14Cl2N2O3S3/c1-3-27-20(26)15-9(2)14(18-23-11-6-4-5-7-12(11)28-18)19(30-15)24-17(25)10-8-13(21)29-16(10)22/h4-8H,3H2,1-2H3,(H,24,25). The second-order valence-corrected chi connectivity index (χ2v) is 10.5. The maximum Gasteiger partial charge on any atom is 0.348 e. The zero-order valence-corrected chi connectivity index (χ0v) is 19.7. The van der Waals surface area contributed by atoms with Gasteiger partial charge in [0.2, 0.25) is 0 Å². The number of rotatable bonds is 5. The highest BCUT2D eigenvalue weighted by Gasteiger charge is 2.26. The lowest BCUT2D eigenvalue weighted by molar-refractivity contribution is 0.0531. The minimum atomic E-state index is -0.431. The Morgan fingerprint density at radius 2 is 1.93 bits per heavy atom. The molecule has 0 unspecified atom stereocenters. The lowest BCUT2D eigenvalue weighted by atomic mass is 10.1. The molecule has 1 aromatic carbocycles. The molecule has 0 radical (unpaired) electrons. The molecule has 1 N–H and O–H groups in total. The van der Waals surface area contributed by atoms with Gasteiger partial charge in [0, 0.05) is 5.56 Å². The van der Waals surface area contributed by atoms with Crippen molar-refractivity contribution in [3.05, 3.63) is 55.0 Å². The van der Waals surface area contributed by atoms with Crippen molar-refractivity contribution in [3.63, 3.8) is 0 Å². The molecular weight excluding hydrogens is 483 g/mol. The van der Waals surface area contributed by atoms with E-state index in [2.05, 4.69) is 5.32 Å². The van der Waals surface area contributed by atoms with E-state index in [0.717, 1.165) is 32.9 Å². The molecular formula is C20H14Cl2N2O3S3. The van der Waals surface area contributed by atoms with Crippen LogP contribution in [0, 0.1) is 6.92 Å². The van der Waals surface area contributed by atoms with Crippen LogP contribution < -0.4 is 5.32 Å². The molecule has 0 aliphatic rings. The van der Waals surface area contributed by atoms with Gasteiger partial charge >= 0.3 is 5.97 Å². The topological polar surface area (TPSA) is 68.3 Å². The molecule has 0 atom stereocenters. The molecule has 0 spiro atoms. The number of anilines is 1. The number of thiazole rings is 1. The Kier molecular flexibility index (Phi) is 6.13. The van der Waals surface area contributed by atoms with Gasteiger partial charge in [-0.1, -0.05) is 35.3 Å². The Bertz CT molecular complexity index is 1240. The van der Waals surface area contributed by atoms with Gasteiger partial charge in [-0.05, 0) is 37.6 Å². The number of nitrogens with zero attached hydrogens (tertiary/aromatic N) is 1. The third-order valence-electron chi connectivity index (χ3n) is 4.24. The molecule has 0 aliphatic carbocycles. The average Bonchev–Trinajstić information content (AvgIpc) is 3.36. The Morgan fingerprint density at radius 3 is 2.60 bits per heavy atom. The first kappa shape index (κ1) is 21.3. The highest BCUT2D eigenvalue weighted by molar-refractivity contribution is 7.23. The number of hydrogen-bond acceptors (Lipinski definition) is 7. The Labute approximate surface area is 194 Å². The maximum atomic E-state index is 12.8. The van der Waals surface area contributed by atoms with Crippen molar-refractivity contribution in [1.29, 1.82) is 0 Å². The van der Waals surface area contributed by atoms with Crippen molar-refractivity contribution < 1.29 is 14.3 Å². The Balaban J connectivity index is 1.81. The number of amides is 1. The van der Waals surface area contributed by atoms with Crippen LogP contribution in [0.25, 0.3) is 20.8 Å². The van der Waals surface area contributed by atoms with E-state index < -0.39 is 11.9 Å². The highest BCUT2D eigenvalue weighted by Crippen LogP contribution is 2.44. The first-order chi connectivity index (χ1) is 14.4. The zero-order chi connectivity index (χ0) is 21.4. The number of nitrogens with one attached hydrogen (secondary N) is 1. The predicted molar refractivity (Wildman–Crippen MR) is 126 cm³/mol. The molecule has 0 saturated heterocycles. The van der Waals surface area contributed by atoms with Crippen molar-refractivity contribution in [2.75, 3.05) is 11.9 Å². The fraction of sp³-hybridized carbons (Fsp3) is 0.150. The van der Waals surface area contributed by atoms with E-state index in [1.54, 1.807) is 6.92 Å². The summed E-state index contributed by atoms with van der Waals surface area (Å²) in [6, 6.07) is 9.29. The summed E-state index contributed by atoms with van der Waals surface area (Å²) < 4.78 is 6.93. The summed E-state index contributed by atoms with van der Waals surface area (Å²) in [5.74, 6) is -0.832. The largest absolute Gasteiger partial charge is 0.462 e. The van der Waals surface area contributed by atoms with Crippen LogP contribution in [0.15, 0.2) is 30.3 Å². The average molecular weight is 497 g/mol. The number of carbonyl (C=O) groups is 2. The molecule has 30 heavy (non-hydrogen) atoms. The molecule has 0 bridgehead atoms. The first-order valence-corrected chi connectivity index (χ1v) is 12.0. The third kappa shape index (κ3) is 3.98. The summed E-state index contributed by atoms with van der Waals surface area (Å²) in [4.78, 5) is 30.4. The van der Waals surface area contributed by atoms with Crippen LogP contribution in [0.1, 0.15) is 32.5 Å². The highest BCUT2D eigenvalue weighted by atomic mass is 35.5. The number of hydrogen-bond donors (Lipinski definition) is 1. The second kappa shape index (κ2) is 8.64. The van der Waals surface area contributed by atoms with Crippen LogP contribution in [0.3, 0.4) is 0 Å². The van der Waals surface area contributed by atoms with Crippen LogP contribution in [0.4, 0.5) is 5.00 Å². The number of aromatic nitrogens is 1. The summed E-state index contributed by atoms with van der Waals surface area (Å²) in [5, 5.41) is 4.11. The van der Waals surface area contributed by atoms with Gasteiger partial charge in [0.25, 0.3) is 5.91 Å². The van der Waals surface area contributed by atoms with Crippen LogP contribution in [0.5, 0.6) is 0 Å². The van der Waals surface area contributed by atoms with Crippen LogP contribution in [-0.4, -0.2) is 23.5 Å². The molecule has 0 saturated carbocycles. The van der Waals surface area contributed by atoms with E-state index in [-0.39, 0.29) is 12.2 Å². The number of para-hydroxylation sites is 1. The summed E-state index contributed by atoms with van der Waals surface area (Å²) in [6.07, 6.45) is 0. The van der Waals surface area contributed by atoms with Gasteiger partial charge in [-0.25, -0.2) is 9.78 Å². The zero-order valence-electron chi connectivity index (χ0n) is 15.7. The molecule has 3 heterocycles. The minimum Gasteiger partial charge on any atom is -0.462 e. The lowest BCUT2D eigenvalue weighted by Crippen LogP contribution is -2.11.